The number of nitrogens with one attached hydrogen (secondary N) is 1. The van der Waals surface area contributed by atoms with Crippen LogP contribution in [-0.4, -0.2) is 47.4 Å². The first-order chi connectivity index (χ1) is 9.72. The highest BCUT2D eigenvalue weighted by Gasteiger charge is 2.04. The van der Waals surface area contributed by atoms with Gasteiger partial charge >= 0.3 is 0 Å². The first-order valence-corrected chi connectivity index (χ1v) is 6.11. The van der Waals surface area contributed by atoms with E-state index in [1.165, 1.54) is 18.5 Å². The molecule has 0 bridgehead atoms. The Bertz CT molecular complexity index is 603. The molecule has 0 spiro atoms. The fourth-order valence-electron chi connectivity index (χ4n) is 1.73. The maximum atomic E-state index is 10.8. The Morgan fingerprint density at radius 2 is 2.20 bits per heavy atom. The zero-order chi connectivity index (χ0) is 14.4. The van der Waals surface area contributed by atoms with E-state index in [9.17, 15) is 9.90 Å². The van der Waals surface area contributed by atoms with Gasteiger partial charge in [-0.1, -0.05) is 6.07 Å². The number of fused-ring (bicyclic) bond motifs is 1. The molecule has 7 nitrogen and oxygen atoms in total. The van der Waals surface area contributed by atoms with Gasteiger partial charge in [0.05, 0.1) is 31.3 Å². The molecule has 0 aliphatic heterocycles. The number of anilines is 1. The summed E-state index contributed by atoms with van der Waals surface area (Å²) in [4.78, 5) is 18.9. The number of carboxylic acids is 1. The summed E-state index contributed by atoms with van der Waals surface area (Å²) in [5, 5.41) is 23.2. The minimum atomic E-state index is -1.24. The monoisotopic (exact) mass is 276 g/mol. The molecule has 0 aliphatic carbocycles. The third-order valence-corrected chi connectivity index (χ3v) is 2.65. The van der Waals surface area contributed by atoms with Crippen molar-refractivity contribution in [1.29, 1.82) is 0 Å². The second-order valence-corrected chi connectivity index (χ2v) is 4.00. The zero-order valence-electron chi connectivity index (χ0n) is 10.7. The molecule has 7 heteroatoms. The van der Waals surface area contributed by atoms with E-state index >= 15 is 0 Å². The van der Waals surface area contributed by atoms with Crippen LogP contribution < -0.4 is 10.4 Å². The molecule has 1 heterocycles. The lowest BCUT2D eigenvalue weighted by atomic mass is 10.1. The second-order valence-electron chi connectivity index (χ2n) is 4.00. The molecule has 20 heavy (non-hydrogen) atoms. The number of carbonyl (C=O) groups is 1. The van der Waals surface area contributed by atoms with Gasteiger partial charge in [-0.3, -0.25) is 0 Å². The van der Waals surface area contributed by atoms with Crippen LogP contribution in [0.25, 0.3) is 10.9 Å². The predicted octanol–water partition coefficient (Wildman–Crippen LogP) is -0.586. The van der Waals surface area contributed by atoms with Gasteiger partial charge < -0.3 is 25.1 Å². The fraction of sp³-hybridized carbons (Fsp3) is 0.308. The van der Waals surface area contributed by atoms with Gasteiger partial charge in [-0.15, -0.1) is 0 Å². The van der Waals surface area contributed by atoms with Crippen molar-refractivity contribution in [2.75, 3.05) is 31.7 Å². The number of hydrogen-bond acceptors (Lipinski definition) is 7. The van der Waals surface area contributed by atoms with Gasteiger partial charge in [-0.05, 0) is 17.7 Å². The van der Waals surface area contributed by atoms with Crippen molar-refractivity contribution in [3.8, 4) is 0 Å². The Balaban J connectivity index is 2.11. The number of aromatic nitrogens is 2. The van der Waals surface area contributed by atoms with Gasteiger partial charge in [0.15, 0.2) is 0 Å². The summed E-state index contributed by atoms with van der Waals surface area (Å²) in [5.41, 5.74) is 0.605. The van der Waals surface area contributed by atoms with E-state index < -0.39 is 5.97 Å². The largest absolute Gasteiger partial charge is 0.545 e. The van der Waals surface area contributed by atoms with Crippen LogP contribution in [0.15, 0.2) is 24.5 Å². The molecule has 0 amide bonds. The molecule has 1 aromatic carbocycles. The molecular formula is C13H14N3O4-. The highest BCUT2D eigenvalue weighted by molar-refractivity contribution is 5.95. The van der Waals surface area contributed by atoms with Crippen LogP contribution in [0.1, 0.15) is 10.4 Å². The summed E-state index contributed by atoms with van der Waals surface area (Å²) >= 11 is 0. The van der Waals surface area contributed by atoms with Crippen LogP contribution >= 0.6 is 0 Å². The molecule has 0 radical (unpaired) electrons. The highest BCUT2D eigenvalue weighted by Crippen LogP contribution is 2.19. The number of hydrogen-bond donors (Lipinski definition) is 2. The molecular weight excluding hydrogens is 262 g/mol. The first kappa shape index (κ1) is 14.2. The summed E-state index contributed by atoms with van der Waals surface area (Å²) in [7, 11) is 0. The van der Waals surface area contributed by atoms with E-state index in [1.54, 1.807) is 6.07 Å². The van der Waals surface area contributed by atoms with Crippen LogP contribution in [0.5, 0.6) is 0 Å². The van der Waals surface area contributed by atoms with Crippen molar-refractivity contribution in [2.45, 2.75) is 0 Å². The Labute approximate surface area is 115 Å². The van der Waals surface area contributed by atoms with Gasteiger partial charge in [0.1, 0.15) is 12.1 Å². The van der Waals surface area contributed by atoms with Gasteiger partial charge in [0, 0.05) is 11.9 Å². The van der Waals surface area contributed by atoms with Crippen molar-refractivity contribution in [3.05, 3.63) is 30.1 Å². The Hall–Kier alpha value is -2.25. The van der Waals surface area contributed by atoms with Crippen LogP contribution in [0.4, 0.5) is 5.82 Å². The second kappa shape index (κ2) is 6.78. The van der Waals surface area contributed by atoms with Crippen molar-refractivity contribution < 1.29 is 19.7 Å². The SMILES string of the molecule is O=C([O-])c1ccc2c(NCCOCCO)ncnc2c1. The number of aliphatic hydroxyl groups excluding tert-OH is 1. The quantitative estimate of drug-likeness (QED) is 0.651. The minimum Gasteiger partial charge on any atom is -0.545 e. The average molecular weight is 276 g/mol. The first-order valence-electron chi connectivity index (χ1n) is 6.11. The Morgan fingerprint density at radius 1 is 1.35 bits per heavy atom. The average Bonchev–Trinajstić information content (AvgIpc) is 2.46. The summed E-state index contributed by atoms with van der Waals surface area (Å²) < 4.78 is 5.13. The van der Waals surface area contributed by atoms with Crippen molar-refractivity contribution >= 4 is 22.7 Å². The lowest BCUT2D eigenvalue weighted by Crippen LogP contribution is -2.22. The molecule has 2 N–H and O–H groups in total. The highest BCUT2D eigenvalue weighted by atomic mass is 16.5. The van der Waals surface area contributed by atoms with E-state index in [0.717, 1.165) is 5.39 Å². The molecule has 1 aromatic heterocycles. The topological polar surface area (TPSA) is 107 Å². The molecule has 0 atom stereocenters. The van der Waals surface area contributed by atoms with Gasteiger partial charge in [-0.25, -0.2) is 9.97 Å². The van der Waals surface area contributed by atoms with Gasteiger partial charge in [0.2, 0.25) is 0 Å². The number of carbonyl (C=O) groups excluding carboxylic acids is 1. The van der Waals surface area contributed by atoms with E-state index in [0.29, 0.717) is 31.1 Å². The third-order valence-electron chi connectivity index (χ3n) is 2.65. The van der Waals surface area contributed by atoms with E-state index in [4.69, 9.17) is 9.84 Å². The standard InChI is InChI=1S/C13H15N3O4/c17-4-6-20-5-3-14-12-10-2-1-9(13(18)19)7-11(10)15-8-16-12/h1-2,7-8,17H,3-6H2,(H,18,19)(H,14,15,16)/p-1. The third kappa shape index (κ3) is 3.40. The van der Waals surface area contributed by atoms with E-state index in [1.807, 2.05) is 0 Å². The molecule has 0 saturated carbocycles. The fourth-order valence-corrected chi connectivity index (χ4v) is 1.73. The maximum absolute atomic E-state index is 10.8. The van der Waals surface area contributed by atoms with Crippen LogP contribution in [-0.2, 0) is 4.74 Å². The molecule has 0 unspecified atom stereocenters. The Morgan fingerprint density at radius 3 is 2.95 bits per heavy atom. The van der Waals surface area contributed by atoms with Gasteiger partial charge in [0.25, 0.3) is 0 Å². The van der Waals surface area contributed by atoms with Crippen molar-refractivity contribution in [2.24, 2.45) is 0 Å². The van der Waals surface area contributed by atoms with E-state index in [2.05, 4.69) is 15.3 Å². The molecule has 0 saturated heterocycles. The number of aromatic carboxylic acids is 1. The molecule has 2 rings (SSSR count). The van der Waals surface area contributed by atoms with Crippen LogP contribution in [0, 0.1) is 0 Å². The Kier molecular flexibility index (Phi) is 4.80. The normalized spacial score (nSPS) is 10.7. The summed E-state index contributed by atoms with van der Waals surface area (Å²) in [6.07, 6.45) is 1.36. The smallest absolute Gasteiger partial charge is 0.137 e. The lowest BCUT2D eigenvalue weighted by Gasteiger charge is -2.09. The number of benzene rings is 1. The lowest BCUT2D eigenvalue weighted by molar-refractivity contribution is -0.255. The molecule has 0 aliphatic rings. The van der Waals surface area contributed by atoms with Crippen molar-refractivity contribution in [3.63, 3.8) is 0 Å². The molecule has 106 valence electrons. The van der Waals surface area contributed by atoms with Crippen LogP contribution in [0.2, 0.25) is 0 Å². The maximum Gasteiger partial charge on any atom is 0.137 e. The number of ether oxygens (including phenoxy) is 1. The minimum absolute atomic E-state index is 0.0115. The number of rotatable bonds is 7. The van der Waals surface area contributed by atoms with Crippen LogP contribution in [0.3, 0.4) is 0 Å². The number of carboxylic acid groups (broad SMARTS) is 1. The zero-order valence-corrected chi connectivity index (χ0v) is 10.7. The molecule has 2 aromatic rings. The summed E-state index contributed by atoms with van der Waals surface area (Å²) in [6.45, 7) is 1.24. The van der Waals surface area contributed by atoms with Crippen molar-refractivity contribution in [1.82, 2.24) is 9.97 Å². The summed E-state index contributed by atoms with van der Waals surface area (Å²) in [5.74, 6) is -0.634. The number of aliphatic hydroxyl groups is 1. The van der Waals surface area contributed by atoms with E-state index in [-0.39, 0.29) is 12.2 Å². The number of nitrogens with zero attached hydrogens (tertiary/aromatic N) is 2. The van der Waals surface area contributed by atoms with Gasteiger partial charge in [-0.2, -0.15) is 0 Å². The molecule has 0 fully saturated rings. The summed E-state index contributed by atoms with van der Waals surface area (Å²) in [6, 6.07) is 4.53. The predicted molar refractivity (Wildman–Crippen MR) is 70.3 cm³/mol.